The normalized spacial score (nSPS) is 11.8. The minimum absolute atomic E-state index is 0.328. The number of hydrogen-bond acceptors (Lipinski definition) is 5. The van der Waals surface area contributed by atoms with E-state index in [2.05, 4.69) is 46.6 Å². The van der Waals surface area contributed by atoms with Crippen LogP contribution in [0.1, 0.15) is 29.9 Å². The number of nitrogens with zero attached hydrogens (tertiary/aromatic N) is 5. The Labute approximate surface area is 159 Å². The molecule has 0 bridgehead atoms. The molecule has 0 radical (unpaired) electrons. The average Bonchev–Trinajstić information content (AvgIpc) is 3.10. The zero-order valence-corrected chi connectivity index (χ0v) is 16.1. The van der Waals surface area contributed by atoms with Gasteiger partial charge in [0.2, 0.25) is 0 Å². The van der Waals surface area contributed by atoms with Gasteiger partial charge in [0.15, 0.2) is 5.82 Å². The number of aromatic nitrogens is 5. The zero-order valence-electron chi connectivity index (χ0n) is 14.6. The second kappa shape index (κ2) is 7.61. The molecule has 3 aromatic rings. The van der Waals surface area contributed by atoms with Crippen molar-refractivity contribution in [2.45, 2.75) is 26.8 Å². The first-order valence-corrected chi connectivity index (χ1v) is 8.76. The van der Waals surface area contributed by atoms with Crippen molar-refractivity contribution >= 4 is 27.6 Å². The van der Waals surface area contributed by atoms with Crippen LogP contribution in [0.15, 0.2) is 41.4 Å². The van der Waals surface area contributed by atoms with E-state index in [1.165, 1.54) is 11.0 Å². The van der Waals surface area contributed by atoms with Crippen molar-refractivity contribution in [3.63, 3.8) is 0 Å². The highest BCUT2D eigenvalue weighted by Gasteiger charge is 2.18. The topological polar surface area (TPSA) is 97.6 Å². The fourth-order valence-corrected chi connectivity index (χ4v) is 2.89. The van der Waals surface area contributed by atoms with Crippen LogP contribution in [0.4, 0.5) is 10.5 Å². The molecule has 2 aromatic heterocycles. The number of carbonyl (C=O) groups is 1. The van der Waals surface area contributed by atoms with Crippen molar-refractivity contribution in [2.75, 3.05) is 5.32 Å². The summed E-state index contributed by atoms with van der Waals surface area (Å²) in [5.41, 5.74) is 2.76. The molecule has 1 aromatic carbocycles. The van der Waals surface area contributed by atoms with E-state index >= 15 is 0 Å². The predicted molar refractivity (Wildman–Crippen MR) is 101 cm³/mol. The molecule has 0 aliphatic carbocycles. The highest BCUT2D eigenvalue weighted by molar-refractivity contribution is 9.10. The Bertz CT molecular complexity index is 926. The second-order valence-electron chi connectivity index (χ2n) is 5.82. The third-order valence-corrected chi connectivity index (χ3v) is 4.66. The largest absolute Gasteiger partial charge is 0.328 e. The second-order valence-corrected chi connectivity index (χ2v) is 6.67. The molecule has 3 rings (SSSR count). The quantitative estimate of drug-likeness (QED) is 0.680. The van der Waals surface area contributed by atoms with E-state index in [9.17, 15) is 4.79 Å². The number of carbonyl (C=O) groups excluding carboxylic acids is 1. The summed E-state index contributed by atoms with van der Waals surface area (Å²) in [6.07, 6.45) is 4.65. The first-order chi connectivity index (χ1) is 12.5. The monoisotopic (exact) mass is 415 g/mol. The molecule has 134 valence electrons. The van der Waals surface area contributed by atoms with Crippen molar-refractivity contribution in [1.29, 1.82) is 0 Å². The van der Waals surface area contributed by atoms with Gasteiger partial charge in [-0.25, -0.2) is 19.7 Å². The number of hydrogen-bond donors (Lipinski definition) is 2. The van der Waals surface area contributed by atoms with Gasteiger partial charge in [-0.15, -0.1) is 0 Å². The zero-order chi connectivity index (χ0) is 18.7. The van der Waals surface area contributed by atoms with E-state index in [0.717, 1.165) is 21.3 Å². The Balaban J connectivity index is 1.73. The van der Waals surface area contributed by atoms with E-state index in [4.69, 9.17) is 0 Å². The Morgan fingerprint density at radius 1 is 1.15 bits per heavy atom. The van der Waals surface area contributed by atoms with Crippen LogP contribution in [0.3, 0.4) is 0 Å². The first-order valence-electron chi connectivity index (χ1n) is 7.97. The van der Waals surface area contributed by atoms with Gasteiger partial charge in [-0.1, -0.05) is 15.9 Å². The van der Waals surface area contributed by atoms with Gasteiger partial charge in [-0.3, -0.25) is 0 Å². The SMILES string of the molecule is Cc1cc(NC(=O)N[C@@H](C)c2ncnn2-c2ncccn2)c(C)cc1Br. The van der Waals surface area contributed by atoms with Crippen molar-refractivity contribution in [3.8, 4) is 5.95 Å². The Morgan fingerprint density at radius 3 is 2.62 bits per heavy atom. The van der Waals surface area contributed by atoms with Crippen LogP contribution in [-0.4, -0.2) is 30.8 Å². The molecule has 2 heterocycles. The molecule has 0 aliphatic heterocycles. The molecule has 2 N–H and O–H groups in total. The highest BCUT2D eigenvalue weighted by atomic mass is 79.9. The minimum Gasteiger partial charge on any atom is -0.328 e. The lowest BCUT2D eigenvalue weighted by Gasteiger charge is -2.16. The number of aryl methyl sites for hydroxylation is 2. The van der Waals surface area contributed by atoms with Crippen molar-refractivity contribution in [1.82, 2.24) is 30.0 Å². The molecule has 0 unspecified atom stereocenters. The average molecular weight is 416 g/mol. The number of urea groups is 1. The molecule has 1 atom stereocenters. The van der Waals surface area contributed by atoms with Crippen molar-refractivity contribution in [2.24, 2.45) is 0 Å². The van der Waals surface area contributed by atoms with Crippen LogP contribution in [0.25, 0.3) is 5.95 Å². The number of amides is 2. The molecule has 9 heteroatoms. The molecule has 0 aliphatic rings. The summed E-state index contributed by atoms with van der Waals surface area (Å²) >= 11 is 3.48. The van der Waals surface area contributed by atoms with Gasteiger partial charge in [0, 0.05) is 22.6 Å². The molecule has 0 saturated heterocycles. The van der Waals surface area contributed by atoms with Crippen LogP contribution >= 0.6 is 15.9 Å². The van der Waals surface area contributed by atoms with Gasteiger partial charge in [0.1, 0.15) is 6.33 Å². The molecular weight excluding hydrogens is 398 g/mol. The number of rotatable bonds is 4. The fraction of sp³-hybridized carbons (Fsp3) is 0.235. The first kappa shape index (κ1) is 18.0. The number of nitrogens with one attached hydrogen (secondary N) is 2. The molecule has 2 amide bonds. The van der Waals surface area contributed by atoms with Gasteiger partial charge in [-0.2, -0.15) is 9.78 Å². The molecule has 0 saturated carbocycles. The Kier molecular flexibility index (Phi) is 5.27. The van der Waals surface area contributed by atoms with E-state index in [1.807, 2.05) is 32.9 Å². The maximum absolute atomic E-state index is 12.4. The standard InChI is InChI=1S/C17H18BrN7O/c1-10-8-14(11(2)7-13(10)18)24-17(26)23-12(3)15-21-9-22-25(15)16-19-5-4-6-20-16/h4-9,12H,1-3H3,(H2,23,24,26)/t12-/m0/s1. The van der Waals surface area contributed by atoms with Crippen LogP contribution < -0.4 is 10.6 Å². The van der Waals surface area contributed by atoms with E-state index in [1.54, 1.807) is 18.5 Å². The number of halogens is 1. The summed E-state index contributed by atoms with van der Waals surface area (Å²) in [6, 6.07) is 4.89. The summed E-state index contributed by atoms with van der Waals surface area (Å²) in [7, 11) is 0. The van der Waals surface area contributed by atoms with Crippen LogP contribution in [0.2, 0.25) is 0 Å². The molecule has 0 spiro atoms. The summed E-state index contributed by atoms with van der Waals surface area (Å²) in [6.45, 7) is 5.73. The molecule has 26 heavy (non-hydrogen) atoms. The third kappa shape index (κ3) is 3.88. The summed E-state index contributed by atoms with van der Waals surface area (Å²) in [5, 5.41) is 9.87. The summed E-state index contributed by atoms with van der Waals surface area (Å²) in [5.74, 6) is 0.934. The maximum Gasteiger partial charge on any atom is 0.319 e. The lowest BCUT2D eigenvalue weighted by molar-refractivity contribution is 0.248. The molecular formula is C17H18BrN7O. The Morgan fingerprint density at radius 2 is 1.88 bits per heavy atom. The van der Waals surface area contributed by atoms with E-state index < -0.39 is 6.04 Å². The summed E-state index contributed by atoms with van der Waals surface area (Å²) in [4.78, 5) is 24.9. The van der Waals surface area contributed by atoms with Gasteiger partial charge >= 0.3 is 6.03 Å². The third-order valence-electron chi connectivity index (χ3n) is 3.80. The van der Waals surface area contributed by atoms with Crippen LogP contribution in [0, 0.1) is 13.8 Å². The highest BCUT2D eigenvalue weighted by Crippen LogP contribution is 2.24. The smallest absolute Gasteiger partial charge is 0.319 e. The Hall–Kier alpha value is -2.81. The summed E-state index contributed by atoms with van der Waals surface area (Å²) < 4.78 is 2.50. The number of benzene rings is 1. The van der Waals surface area contributed by atoms with Gasteiger partial charge in [0.25, 0.3) is 5.95 Å². The maximum atomic E-state index is 12.4. The molecule has 0 fully saturated rings. The van der Waals surface area contributed by atoms with E-state index in [-0.39, 0.29) is 6.03 Å². The minimum atomic E-state index is -0.391. The number of anilines is 1. The van der Waals surface area contributed by atoms with Gasteiger partial charge in [-0.05, 0) is 50.1 Å². The van der Waals surface area contributed by atoms with Gasteiger partial charge < -0.3 is 10.6 Å². The molecule has 8 nitrogen and oxygen atoms in total. The van der Waals surface area contributed by atoms with Crippen LogP contribution in [-0.2, 0) is 0 Å². The lowest BCUT2D eigenvalue weighted by atomic mass is 10.1. The fourth-order valence-electron chi connectivity index (χ4n) is 2.44. The van der Waals surface area contributed by atoms with Crippen molar-refractivity contribution < 1.29 is 4.79 Å². The predicted octanol–water partition coefficient (Wildman–Crippen LogP) is 3.32. The van der Waals surface area contributed by atoms with Gasteiger partial charge in [0.05, 0.1) is 6.04 Å². The van der Waals surface area contributed by atoms with Crippen LogP contribution in [0.5, 0.6) is 0 Å². The lowest BCUT2D eigenvalue weighted by Crippen LogP contribution is -2.33. The van der Waals surface area contributed by atoms with E-state index in [0.29, 0.717) is 11.8 Å². The van der Waals surface area contributed by atoms with Crippen molar-refractivity contribution in [3.05, 3.63) is 58.3 Å².